The fraction of sp³-hybridized carbons (Fsp3) is 0.154. The quantitative estimate of drug-likeness (QED) is 0.769. The third-order valence-electron chi connectivity index (χ3n) is 2.53. The molecule has 0 aliphatic rings. The number of halogens is 4. The molecule has 112 valence electrons. The molecular formula is C13H10ClF3N2S2. The van der Waals surface area contributed by atoms with Gasteiger partial charge in [0.1, 0.15) is 0 Å². The fourth-order valence-corrected chi connectivity index (χ4v) is 2.64. The molecule has 0 atom stereocenters. The molecule has 0 spiro atoms. The maximum Gasteiger partial charge on any atom is 0.417 e. The monoisotopic (exact) mass is 350 g/mol. The Labute approximate surface area is 133 Å². The van der Waals surface area contributed by atoms with E-state index in [0.717, 1.165) is 10.9 Å². The molecule has 2 rings (SSSR count). The van der Waals surface area contributed by atoms with E-state index in [2.05, 4.69) is 10.6 Å². The number of anilines is 1. The van der Waals surface area contributed by atoms with Crippen molar-refractivity contribution in [3.05, 3.63) is 51.2 Å². The average molecular weight is 351 g/mol. The average Bonchev–Trinajstić information content (AvgIpc) is 2.90. The highest BCUT2D eigenvalue weighted by molar-refractivity contribution is 7.80. The van der Waals surface area contributed by atoms with Gasteiger partial charge in [0, 0.05) is 10.6 Å². The van der Waals surface area contributed by atoms with E-state index in [1.165, 1.54) is 12.1 Å². The predicted octanol–water partition coefficient (Wildman–Crippen LogP) is 4.91. The first kappa shape index (κ1) is 16.1. The molecule has 1 aromatic carbocycles. The van der Waals surface area contributed by atoms with Crippen molar-refractivity contribution < 1.29 is 13.2 Å². The van der Waals surface area contributed by atoms with E-state index in [1.54, 1.807) is 11.3 Å². The molecule has 0 amide bonds. The van der Waals surface area contributed by atoms with Crippen LogP contribution in [-0.4, -0.2) is 5.11 Å². The summed E-state index contributed by atoms with van der Waals surface area (Å²) in [5.41, 5.74) is -0.661. The number of thiocarbonyl (C=S) groups is 1. The second-order valence-electron chi connectivity index (χ2n) is 4.08. The maximum atomic E-state index is 12.7. The first-order valence-corrected chi connectivity index (χ1v) is 7.47. The van der Waals surface area contributed by atoms with Gasteiger partial charge in [-0.15, -0.1) is 11.3 Å². The summed E-state index contributed by atoms with van der Waals surface area (Å²) >= 11 is 12.2. The highest BCUT2D eigenvalue weighted by Gasteiger charge is 2.33. The van der Waals surface area contributed by atoms with E-state index in [-0.39, 0.29) is 15.8 Å². The second-order valence-corrected chi connectivity index (χ2v) is 5.93. The molecule has 0 aliphatic heterocycles. The summed E-state index contributed by atoms with van der Waals surface area (Å²) in [4.78, 5) is 1.08. The van der Waals surface area contributed by atoms with Crippen molar-refractivity contribution in [3.63, 3.8) is 0 Å². The van der Waals surface area contributed by atoms with Gasteiger partial charge in [0.25, 0.3) is 0 Å². The van der Waals surface area contributed by atoms with Gasteiger partial charge in [-0.05, 0) is 41.9 Å². The third-order valence-corrected chi connectivity index (χ3v) is 3.99. The Balaban J connectivity index is 2.01. The molecule has 1 aromatic heterocycles. The number of thiophene rings is 1. The van der Waals surface area contributed by atoms with Crippen molar-refractivity contribution in [1.29, 1.82) is 0 Å². The molecule has 0 aliphatic carbocycles. The normalized spacial score (nSPS) is 11.2. The van der Waals surface area contributed by atoms with Crippen LogP contribution in [0.15, 0.2) is 35.7 Å². The summed E-state index contributed by atoms with van der Waals surface area (Å²) in [6.07, 6.45) is -4.50. The summed E-state index contributed by atoms with van der Waals surface area (Å²) in [5, 5.41) is 7.47. The molecular weight excluding hydrogens is 341 g/mol. The molecule has 1 heterocycles. The van der Waals surface area contributed by atoms with Crippen LogP contribution in [-0.2, 0) is 12.7 Å². The van der Waals surface area contributed by atoms with E-state index >= 15 is 0 Å². The van der Waals surface area contributed by atoms with E-state index < -0.39 is 11.7 Å². The lowest BCUT2D eigenvalue weighted by atomic mass is 10.2. The van der Waals surface area contributed by atoms with Crippen molar-refractivity contribution in [2.24, 2.45) is 0 Å². The van der Waals surface area contributed by atoms with Crippen LogP contribution in [0.2, 0.25) is 5.02 Å². The van der Waals surface area contributed by atoms with Gasteiger partial charge in [-0.3, -0.25) is 0 Å². The van der Waals surface area contributed by atoms with Crippen LogP contribution < -0.4 is 10.6 Å². The lowest BCUT2D eigenvalue weighted by Gasteiger charge is -2.13. The van der Waals surface area contributed by atoms with E-state index in [9.17, 15) is 13.2 Å². The Morgan fingerprint density at radius 1 is 1.29 bits per heavy atom. The van der Waals surface area contributed by atoms with Gasteiger partial charge < -0.3 is 10.6 Å². The number of hydrogen-bond acceptors (Lipinski definition) is 2. The van der Waals surface area contributed by atoms with Crippen molar-refractivity contribution >= 4 is 46.0 Å². The molecule has 2 aromatic rings. The van der Waals surface area contributed by atoms with Crippen molar-refractivity contribution in [2.75, 3.05) is 5.32 Å². The Kier molecular flexibility index (Phi) is 5.08. The Morgan fingerprint density at radius 3 is 2.67 bits per heavy atom. The summed E-state index contributed by atoms with van der Waals surface area (Å²) in [7, 11) is 0. The SMILES string of the molecule is FC(F)(F)c1cc(NC(=S)NCc2cccs2)ccc1Cl. The van der Waals surface area contributed by atoms with Crippen LogP contribution >= 0.6 is 35.2 Å². The lowest BCUT2D eigenvalue weighted by Crippen LogP contribution is -2.27. The van der Waals surface area contributed by atoms with E-state index in [1.807, 2.05) is 17.5 Å². The summed E-state index contributed by atoms with van der Waals surface area (Å²) < 4.78 is 38.2. The number of benzene rings is 1. The van der Waals surface area contributed by atoms with Gasteiger partial charge >= 0.3 is 6.18 Å². The van der Waals surface area contributed by atoms with Crippen LogP contribution in [0.1, 0.15) is 10.4 Å². The van der Waals surface area contributed by atoms with E-state index in [4.69, 9.17) is 23.8 Å². The molecule has 0 fully saturated rings. The third kappa shape index (κ3) is 4.59. The molecule has 0 radical (unpaired) electrons. The van der Waals surface area contributed by atoms with Crippen molar-refractivity contribution in [2.45, 2.75) is 12.7 Å². The molecule has 0 saturated heterocycles. The standard InChI is InChI=1S/C13H10ClF3N2S2/c14-11-4-3-8(6-10(11)13(15,16)17)19-12(20)18-7-9-2-1-5-21-9/h1-6H,7H2,(H2,18,19,20). The molecule has 0 unspecified atom stereocenters. The van der Waals surface area contributed by atoms with Crippen LogP contribution in [0.3, 0.4) is 0 Å². The fourth-order valence-electron chi connectivity index (χ4n) is 1.58. The molecule has 2 nitrogen and oxygen atoms in total. The van der Waals surface area contributed by atoms with Gasteiger partial charge in [-0.25, -0.2) is 0 Å². The Bertz CT molecular complexity index is 627. The minimum Gasteiger partial charge on any atom is -0.358 e. The Morgan fingerprint density at radius 2 is 2.05 bits per heavy atom. The summed E-state index contributed by atoms with van der Waals surface area (Å²) in [5.74, 6) is 0. The van der Waals surface area contributed by atoms with Crippen molar-refractivity contribution in [3.8, 4) is 0 Å². The van der Waals surface area contributed by atoms with Crippen LogP contribution in [0.5, 0.6) is 0 Å². The molecule has 21 heavy (non-hydrogen) atoms. The van der Waals surface area contributed by atoms with Gasteiger partial charge in [0.05, 0.1) is 17.1 Å². The number of nitrogens with one attached hydrogen (secondary N) is 2. The molecule has 0 bridgehead atoms. The largest absolute Gasteiger partial charge is 0.417 e. The second kappa shape index (κ2) is 6.64. The number of hydrogen-bond donors (Lipinski definition) is 2. The highest BCUT2D eigenvalue weighted by atomic mass is 35.5. The van der Waals surface area contributed by atoms with Gasteiger partial charge in [-0.2, -0.15) is 13.2 Å². The number of rotatable bonds is 3. The molecule has 0 saturated carbocycles. The van der Waals surface area contributed by atoms with Crippen LogP contribution in [0, 0.1) is 0 Å². The van der Waals surface area contributed by atoms with E-state index in [0.29, 0.717) is 6.54 Å². The topological polar surface area (TPSA) is 24.1 Å². The zero-order chi connectivity index (χ0) is 15.5. The first-order valence-electron chi connectivity index (χ1n) is 5.80. The zero-order valence-electron chi connectivity index (χ0n) is 10.5. The highest BCUT2D eigenvalue weighted by Crippen LogP contribution is 2.36. The summed E-state index contributed by atoms with van der Waals surface area (Å²) in [6.45, 7) is 0.517. The van der Waals surface area contributed by atoms with Crippen LogP contribution in [0.4, 0.5) is 18.9 Å². The minimum atomic E-state index is -4.50. The summed E-state index contributed by atoms with van der Waals surface area (Å²) in [6, 6.07) is 7.41. The zero-order valence-corrected chi connectivity index (χ0v) is 12.9. The number of alkyl halides is 3. The van der Waals surface area contributed by atoms with Crippen LogP contribution in [0.25, 0.3) is 0 Å². The van der Waals surface area contributed by atoms with Gasteiger partial charge in [-0.1, -0.05) is 17.7 Å². The van der Waals surface area contributed by atoms with Gasteiger partial charge in [0.15, 0.2) is 5.11 Å². The molecule has 2 N–H and O–H groups in total. The van der Waals surface area contributed by atoms with Gasteiger partial charge in [0.2, 0.25) is 0 Å². The van der Waals surface area contributed by atoms with Crippen molar-refractivity contribution in [1.82, 2.24) is 5.32 Å². The molecule has 8 heteroatoms. The predicted molar refractivity (Wildman–Crippen MR) is 83.8 cm³/mol. The Hall–Kier alpha value is -1.31. The maximum absolute atomic E-state index is 12.7. The lowest BCUT2D eigenvalue weighted by molar-refractivity contribution is -0.137. The minimum absolute atomic E-state index is 0.232. The first-order chi connectivity index (χ1) is 9.86. The smallest absolute Gasteiger partial charge is 0.358 e.